The molecule has 1 unspecified atom stereocenters. The number of hydrogen-bond acceptors (Lipinski definition) is 4. The van der Waals surface area contributed by atoms with Crippen LogP contribution in [0.1, 0.15) is 26.0 Å². The molecule has 5 heteroatoms. The topological polar surface area (TPSA) is 45.4 Å². The summed E-state index contributed by atoms with van der Waals surface area (Å²) in [7, 11) is 0. The number of aromatic nitrogens is 1. The Morgan fingerprint density at radius 3 is 2.63 bits per heavy atom. The second-order valence-electron chi connectivity index (χ2n) is 5.03. The van der Waals surface area contributed by atoms with Gasteiger partial charge in [-0.2, -0.15) is 0 Å². The van der Waals surface area contributed by atoms with E-state index in [0.717, 1.165) is 32.0 Å². The maximum atomic E-state index is 5.63. The molecule has 1 aromatic heterocycles. The number of thiocarbonyl (C=S) groups is 1. The molecule has 0 aliphatic carbocycles. The van der Waals surface area contributed by atoms with Crippen LogP contribution >= 0.6 is 12.2 Å². The van der Waals surface area contributed by atoms with Crippen molar-refractivity contribution in [2.75, 3.05) is 31.1 Å². The van der Waals surface area contributed by atoms with Crippen LogP contribution in [0.2, 0.25) is 0 Å². The number of rotatable bonds is 4. The quantitative estimate of drug-likeness (QED) is 0.848. The van der Waals surface area contributed by atoms with Gasteiger partial charge in [0.2, 0.25) is 0 Å². The predicted molar refractivity (Wildman–Crippen MR) is 83.7 cm³/mol. The van der Waals surface area contributed by atoms with Gasteiger partial charge in [-0.25, -0.2) is 4.98 Å². The average molecular weight is 278 g/mol. The third-order valence-electron chi connectivity index (χ3n) is 3.84. The minimum absolute atomic E-state index is 0.361. The molecule has 2 rings (SSSR count). The van der Waals surface area contributed by atoms with Crippen LogP contribution in [0.4, 0.5) is 5.82 Å². The van der Waals surface area contributed by atoms with Crippen LogP contribution in [-0.4, -0.2) is 47.1 Å². The molecule has 4 nitrogen and oxygen atoms in total. The van der Waals surface area contributed by atoms with Crippen molar-refractivity contribution in [1.82, 2.24) is 9.88 Å². The van der Waals surface area contributed by atoms with Crippen LogP contribution in [0.15, 0.2) is 18.2 Å². The molecule has 1 saturated heterocycles. The zero-order chi connectivity index (χ0) is 13.8. The monoisotopic (exact) mass is 278 g/mol. The first-order chi connectivity index (χ1) is 9.11. The zero-order valence-electron chi connectivity index (χ0n) is 11.7. The largest absolute Gasteiger partial charge is 0.388 e. The minimum Gasteiger partial charge on any atom is -0.388 e. The van der Waals surface area contributed by atoms with Crippen molar-refractivity contribution in [2.45, 2.75) is 26.3 Å². The Bertz CT molecular complexity index is 441. The number of nitrogens with two attached hydrogens (primary N) is 1. The lowest BCUT2D eigenvalue weighted by Crippen LogP contribution is -2.49. The number of anilines is 1. The van der Waals surface area contributed by atoms with E-state index in [-0.39, 0.29) is 0 Å². The fraction of sp³-hybridized carbons (Fsp3) is 0.571. The lowest BCUT2D eigenvalue weighted by Gasteiger charge is -2.38. The van der Waals surface area contributed by atoms with Crippen LogP contribution in [-0.2, 0) is 0 Å². The summed E-state index contributed by atoms with van der Waals surface area (Å²) >= 11 is 4.98. The molecule has 1 aromatic rings. The summed E-state index contributed by atoms with van der Waals surface area (Å²) < 4.78 is 0. The molecule has 0 spiro atoms. The molecule has 1 aliphatic heterocycles. The molecule has 1 fully saturated rings. The van der Waals surface area contributed by atoms with E-state index in [1.54, 1.807) is 0 Å². The maximum Gasteiger partial charge on any atom is 0.129 e. The van der Waals surface area contributed by atoms with Crippen molar-refractivity contribution >= 4 is 23.0 Å². The summed E-state index contributed by atoms with van der Waals surface area (Å²) in [6.45, 7) is 8.74. The molecule has 0 aromatic carbocycles. The van der Waals surface area contributed by atoms with E-state index in [1.807, 2.05) is 18.2 Å². The van der Waals surface area contributed by atoms with Crippen molar-refractivity contribution in [3.05, 3.63) is 23.9 Å². The van der Waals surface area contributed by atoms with Crippen molar-refractivity contribution < 1.29 is 0 Å². The van der Waals surface area contributed by atoms with Crippen LogP contribution in [0.5, 0.6) is 0 Å². The van der Waals surface area contributed by atoms with Gasteiger partial charge in [0, 0.05) is 32.2 Å². The second kappa shape index (κ2) is 6.30. The van der Waals surface area contributed by atoms with Gasteiger partial charge in [-0.1, -0.05) is 25.2 Å². The highest BCUT2D eigenvalue weighted by Crippen LogP contribution is 2.16. The van der Waals surface area contributed by atoms with Crippen molar-refractivity contribution in [3.8, 4) is 0 Å². The standard InChI is InChI=1S/C14H22N4S/c1-3-11(2)17-7-9-18(10-8-17)13-6-4-5-12(16-13)14(15)19/h4-6,11H,3,7-10H2,1-2H3,(H2,15,19). The van der Waals surface area contributed by atoms with Crippen LogP contribution in [0, 0.1) is 0 Å². The first-order valence-electron chi connectivity index (χ1n) is 6.87. The molecular formula is C14H22N4S. The van der Waals surface area contributed by atoms with Crippen molar-refractivity contribution in [2.24, 2.45) is 5.73 Å². The molecule has 2 N–H and O–H groups in total. The lowest BCUT2D eigenvalue weighted by molar-refractivity contribution is 0.192. The molecule has 19 heavy (non-hydrogen) atoms. The number of nitrogens with zero attached hydrogens (tertiary/aromatic N) is 3. The number of pyridine rings is 1. The van der Waals surface area contributed by atoms with Gasteiger partial charge >= 0.3 is 0 Å². The summed E-state index contributed by atoms with van der Waals surface area (Å²) in [5.74, 6) is 0.981. The predicted octanol–water partition coefficient (Wildman–Crippen LogP) is 1.64. The van der Waals surface area contributed by atoms with E-state index in [0.29, 0.717) is 16.7 Å². The lowest BCUT2D eigenvalue weighted by atomic mass is 10.2. The maximum absolute atomic E-state index is 5.63. The summed E-state index contributed by atoms with van der Waals surface area (Å²) in [5.41, 5.74) is 6.34. The molecule has 0 bridgehead atoms. The Labute approximate surface area is 120 Å². The van der Waals surface area contributed by atoms with Gasteiger partial charge in [0.1, 0.15) is 10.8 Å². The summed E-state index contributed by atoms with van der Waals surface area (Å²) in [5, 5.41) is 0. The first kappa shape index (κ1) is 14.2. The van der Waals surface area contributed by atoms with Gasteiger partial charge in [0.05, 0.1) is 5.69 Å². The van der Waals surface area contributed by atoms with Crippen LogP contribution < -0.4 is 10.6 Å². The Kier molecular flexibility index (Phi) is 4.71. The van der Waals surface area contributed by atoms with E-state index in [9.17, 15) is 0 Å². The summed E-state index contributed by atoms with van der Waals surface area (Å²) in [6, 6.07) is 6.53. The molecule has 1 atom stereocenters. The normalized spacial score (nSPS) is 18.3. The number of piperazine rings is 1. The smallest absolute Gasteiger partial charge is 0.129 e. The summed E-state index contributed by atoms with van der Waals surface area (Å²) in [4.78, 5) is 9.73. The first-order valence-corrected chi connectivity index (χ1v) is 7.28. The third kappa shape index (κ3) is 3.42. The second-order valence-corrected chi connectivity index (χ2v) is 5.47. The van der Waals surface area contributed by atoms with E-state index in [1.165, 1.54) is 6.42 Å². The van der Waals surface area contributed by atoms with Gasteiger partial charge in [0.15, 0.2) is 0 Å². The van der Waals surface area contributed by atoms with Crippen LogP contribution in [0.25, 0.3) is 0 Å². The van der Waals surface area contributed by atoms with E-state index < -0.39 is 0 Å². The Hall–Kier alpha value is -1.20. The van der Waals surface area contributed by atoms with E-state index >= 15 is 0 Å². The van der Waals surface area contributed by atoms with Crippen molar-refractivity contribution in [3.63, 3.8) is 0 Å². The Balaban J connectivity index is 2.01. The molecule has 2 heterocycles. The van der Waals surface area contributed by atoms with Gasteiger partial charge < -0.3 is 10.6 Å². The highest BCUT2D eigenvalue weighted by Gasteiger charge is 2.21. The highest BCUT2D eigenvalue weighted by molar-refractivity contribution is 7.80. The van der Waals surface area contributed by atoms with E-state index in [4.69, 9.17) is 18.0 Å². The Morgan fingerprint density at radius 1 is 1.37 bits per heavy atom. The fourth-order valence-electron chi connectivity index (χ4n) is 2.39. The summed E-state index contributed by atoms with van der Waals surface area (Å²) in [6.07, 6.45) is 1.20. The highest BCUT2D eigenvalue weighted by atomic mass is 32.1. The third-order valence-corrected chi connectivity index (χ3v) is 4.05. The average Bonchev–Trinajstić information content (AvgIpc) is 2.46. The van der Waals surface area contributed by atoms with Gasteiger partial charge in [-0.15, -0.1) is 0 Å². The minimum atomic E-state index is 0.361. The SMILES string of the molecule is CCC(C)N1CCN(c2cccc(C(N)=S)n2)CC1. The molecule has 0 saturated carbocycles. The fourth-order valence-corrected chi connectivity index (χ4v) is 2.50. The van der Waals surface area contributed by atoms with Gasteiger partial charge in [0.25, 0.3) is 0 Å². The molecule has 0 amide bonds. The Morgan fingerprint density at radius 2 is 2.05 bits per heavy atom. The molecular weight excluding hydrogens is 256 g/mol. The molecule has 0 radical (unpaired) electrons. The van der Waals surface area contributed by atoms with Gasteiger partial charge in [-0.05, 0) is 25.5 Å². The van der Waals surface area contributed by atoms with Gasteiger partial charge in [-0.3, -0.25) is 4.90 Å². The zero-order valence-corrected chi connectivity index (χ0v) is 12.5. The van der Waals surface area contributed by atoms with Crippen LogP contribution in [0.3, 0.4) is 0 Å². The van der Waals surface area contributed by atoms with E-state index in [2.05, 4.69) is 28.6 Å². The molecule has 1 aliphatic rings. The number of hydrogen-bond donors (Lipinski definition) is 1. The van der Waals surface area contributed by atoms with Crippen molar-refractivity contribution in [1.29, 1.82) is 0 Å². The molecule has 104 valence electrons.